The quantitative estimate of drug-likeness (QED) is 0.219. The minimum absolute atomic E-state index is 0.335. The van der Waals surface area contributed by atoms with Crippen LogP contribution in [0.5, 0.6) is 17.2 Å². The van der Waals surface area contributed by atoms with E-state index in [1.54, 1.807) is 21.3 Å². The van der Waals surface area contributed by atoms with Crippen LogP contribution in [0.3, 0.4) is 0 Å². The zero-order valence-corrected chi connectivity index (χ0v) is 26.0. The molecule has 7 heteroatoms. The van der Waals surface area contributed by atoms with Gasteiger partial charge in [0.15, 0.2) is 11.5 Å². The van der Waals surface area contributed by atoms with E-state index in [4.69, 9.17) is 14.2 Å². The number of hydrogen-bond donors (Lipinski definition) is 0. The molecule has 4 rings (SSSR count). The molecule has 2 unspecified atom stereocenters. The van der Waals surface area contributed by atoms with Gasteiger partial charge in [0.1, 0.15) is 16.7 Å². The number of ether oxygens (including phenoxy) is 3. The largest absolute Gasteiger partial charge is 0.497 e. The standard InChI is InChI=1S/C33H38NO4PS/c1-33(2,3)40(35)34(4)32(24-18-20-25(36-5)21-19-24)28-22-29(37-6)30(38-7)23-31(28)39(26-14-10-8-11-15-26)27-16-12-9-13-17-27/h8-23,32H,1-7H3. The summed E-state index contributed by atoms with van der Waals surface area (Å²) in [5.74, 6) is 2.06. The maximum Gasteiger partial charge on any atom is 0.161 e. The van der Waals surface area contributed by atoms with Gasteiger partial charge in [0, 0.05) is 7.05 Å². The zero-order valence-electron chi connectivity index (χ0n) is 24.3. The number of benzene rings is 4. The van der Waals surface area contributed by atoms with Gasteiger partial charge in [0.2, 0.25) is 0 Å². The lowest BCUT2D eigenvalue weighted by Crippen LogP contribution is -2.39. The summed E-state index contributed by atoms with van der Waals surface area (Å²) in [5.41, 5.74) is 2.02. The summed E-state index contributed by atoms with van der Waals surface area (Å²) >= 11 is 0. The third-order valence-electron chi connectivity index (χ3n) is 6.68. The Morgan fingerprint density at radius 3 is 1.68 bits per heavy atom. The minimum atomic E-state index is -1.31. The first-order valence-corrected chi connectivity index (χ1v) is 15.6. The van der Waals surface area contributed by atoms with E-state index in [0.29, 0.717) is 11.5 Å². The van der Waals surface area contributed by atoms with Crippen molar-refractivity contribution in [1.82, 2.24) is 4.31 Å². The first-order chi connectivity index (χ1) is 19.2. The Bertz CT molecular complexity index is 1380. The molecule has 0 aliphatic rings. The smallest absolute Gasteiger partial charge is 0.161 e. The summed E-state index contributed by atoms with van der Waals surface area (Å²) in [7, 11) is 4.60. The molecule has 0 saturated heterocycles. The highest BCUT2D eigenvalue weighted by molar-refractivity contribution is 7.84. The van der Waals surface area contributed by atoms with E-state index >= 15 is 0 Å². The molecular weight excluding hydrogens is 537 g/mol. The Morgan fingerprint density at radius 2 is 1.23 bits per heavy atom. The molecule has 2 atom stereocenters. The molecule has 0 amide bonds. The van der Waals surface area contributed by atoms with E-state index < -0.39 is 23.7 Å². The molecule has 0 radical (unpaired) electrons. The molecule has 0 aliphatic carbocycles. The van der Waals surface area contributed by atoms with Crippen LogP contribution in [-0.4, -0.2) is 41.6 Å². The van der Waals surface area contributed by atoms with E-state index in [-0.39, 0.29) is 6.04 Å². The van der Waals surface area contributed by atoms with E-state index in [1.807, 2.05) is 68.5 Å². The van der Waals surface area contributed by atoms with Crippen LogP contribution in [-0.2, 0) is 11.0 Å². The number of nitrogens with zero attached hydrogens (tertiary/aromatic N) is 1. The molecular formula is C33H38NO4PS. The Balaban J connectivity index is 2.07. The number of hydrogen-bond acceptors (Lipinski definition) is 4. The highest BCUT2D eigenvalue weighted by Crippen LogP contribution is 2.43. The Hall–Kier alpha value is -3.18. The SMILES string of the molecule is COc1ccc(C(c2cc(OC)c(OC)cc2P(c2ccccc2)c2ccccc2)N(C)S(=O)C(C)(C)C)cc1. The molecule has 4 aromatic rings. The van der Waals surface area contributed by atoms with Crippen molar-refractivity contribution >= 4 is 34.8 Å². The average Bonchev–Trinajstić information content (AvgIpc) is 2.98. The summed E-state index contributed by atoms with van der Waals surface area (Å²) < 4.78 is 32.5. The van der Waals surface area contributed by atoms with Gasteiger partial charge in [-0.05, 0) is 80.0 Å². The lowest BCUT2D eigenvalue weighted by molar-refractivity contribution is 0.353. The number of rotatable bonds is 10. The van der Waals surface area contributed by atoms with Gasteiger partial charge in [0.25, 0.3) is 0 Å². The van der Waals surface area contributed by atoms with Gasteiger partial charge in [-0.15, -0.1) is 0 Å². The molecule has 210 valence electrons. The summed E-state index contributed by atoms with van der Waals surface area (Å²) in [6.07, 6.45) is 0. The molecule has 0 aliphatic heterocycles. The van der Waals surface area contributed by atoms with Gasteiger partial charge < -0.3 is 14.2 Å². The molecule has 0 aromatic heterocycles. The third-order valence-corrected chi connectivity index (χ3v) is 11.0. The van der Waals surface area contributed by atoms with Crippen molar-refractivity contribution in [3.05, 3.63) is 108 Å². The van der Waals surface area contributed by atoms with Gasteiger partial charge in [-0.3, -0.25) is 0 Å². The predicted octanol–water partition coefficient (Wildman–Crippen LogP) is 5.95. The van der Waals surface area contributed by atoms with Gasteiger partial charge >= 0.3 is 0 Å². The Morgan fingerprint density at radius 1 is 0.725 bits per heavy atom. The normalized spacial score (nSPS) is 13.2. The summed E-state index contributed by atoms with van der Waals surface area (Å²) in [6, 6.07) is 32.9. The van der Waals surface area contributed by atoms with E-state index in [0.717, 1.165) is 22.2 Å². The second-order valence-corrected chi connectivity index (χ2v) is 14.8. The van der Waals surface area contributed by atoms with Crippen LogP contribution >= 0.6 is 7.92 Å². The molecule has 5 nitrogen and oxygen atoms in total. The molecule has 0 fully saturated rings. The highest BCUT2D eigenvalue weighted by atomic mass is 32.2. The van der Waals surface area contributed by atoms with Crippen LogP contribution in [0.15, 0.2) is 97.1 Å². The van der Waals surface area contributed by atoms with E-state index in [2.05, 4.69) is 60.7 Å². The first kappa shape index (κ1) is 29.8. The van der Waals surface area contributed by atoms with Gasteiger partial charge in [-0.25, -0.2) is 8.51 Å². The fourth-order valence-corrected chi connectivity index (χ4v) is 8.55. The monoisotopic (exact) mass is 575 g/mol. The second kappa shape index (κ2) is 13.0. The van der Waals surface area contributed by atoms with Crippen molar-refractivity contribution in [2.24, 2.45) is 0 Å². The van der Waals surface area contributed by atoms with E-state index in [1.165, 1.54) is 10.6 Å². The highest BCUT2D eigenvalue weighted by Gasteiger charge is 2.34. The van der Waals surface area contributed by atoms with Crippen molar-refractivity contribution in [2.75, 3.05) is 28.4 Å². The lowest BCUT2D eigenvalue weighted by atomic mass is 9.98. The number of methoxy groups -OCH3 is 3. The summed E-state index contributed by atoms with van der Waals surface area (Å²) in [5, 5.41) is 3.54. The van der Waals surface area contributed by atoms with Crippen molar-refractivity contribution in [3.63, 3.8) is 0 Å². The maximum absolute atomic E-state index is 13.9. The van der Waals surface area contributed by atoms with Gasteiger partial charge in [-0.1, -0.05) is 72.8 Å². The lowest BCUT2D eigenvalue weighted by Gasteiger charge is -2.35. The third kappa shape index (κ3) is 6.41. The van der Waals surface area contributed by atoms with E-state index in [9.17, 15) is 4.21 Å². The van der Waals surface area contributed by atoms with Crippen molar-refractivity contribution in [2.45, 2.75) is 31.6 Å². The van der Waals surface area contributed by atoms with Crippen LogP contribution in [0.2, 0.25) is 0 Å². The Labute approximate surface area is 242 Å². The summed E-state index contributed by atoms with van der Waals surface area (Å²) in [4.78, 5) is 0. The molecule has 0 heterocycles. The topological polar surface area (TPSA) is 48.0 Å². The van der Waals surface area contributed by atoms with Crippen LogP contribution in [0.4, 0.5) is 0 Å². The first-order valence-electron chi connectivity index (χ1n) is 13.1. The molecule has 4 aromatic carbocycles. The van der Waals surface area contributed by atoms with Crippen molar-refractivity contribution in [3.8, 4) is 17.2 Å². The maximum atomic E-state index is 13.9. The average molecular weight is 576 g/mol. The van der Waals surface area contributed by atoms with Crippen molar-refractivity contribution < 1.29 is 18.4 Å². The van der Waals surface area contributed by atoms with Crippen LogP contribution in [0, 0.1) is 0 Å². The predicted molar refractivity (Wildman–Crippen MR) is 169 cm³/mol. The molecule has 40 heavy (non-hydrogen) atoms. The minimum Gasteiger partial charge on any atom is -0.497 e. The van der Waals surface area contributed by atoms with Crippen LogP contribution in [0.25, 0.3) is 0 Å². The van der Waals surface area contributed by atoms with Crippen LogP contribution < -0.4 is 30.1 Å². The van der Waals surface area contributed by atoms with Gasteiger partial charge in [-0.2, -0.15) is 0 Å². The second-order valence-electron chi connectivity index (χ2n) is 10.4. The Kier molecular flexibility index (Phi) is 9.68. The fourth-order valence-electron chi connectivity index (χ4n) is 4.78. The van der Waals surface area contributed by atoms with Crippen LogP contribution in [0.1, 0.15) is 37.9 Å². The molecule has 0 saturated carbocycles. The molecule has 0 spiro atoms. The molecule has 0 N–H and O–H groups in total. The fraction of sp³-hybridized carbons (Fsp3) is 0.273. The van der Waals surface area contributed by atoms with Gasteiger partial charge in [0.05, 0.1) is 32.1 Å². The molecule has 0 bridgehead atoms. The van der Waals surface area contributed by atoms with Crippen molar-refractivity contribution in [1.29, 1.82) is 0 Å². The zero-order chi connectivity index (χ0) is 28.9. The summed E-state index contributed by atoms with van der Waals surface area (Å²) in [6.45, 7) is 6.00.